The van der Waals surface area contributed by atoms with E-state index in [0.717, 1.165) is 25.9 Å². The van der Waals surface area contributed by atoms with Crippen LogP contribution in [0.25, 0.3) is 0 Å². The van der Waals surface area contributed by atoms with Gasteiger partial charge in [0.15, 0.2) is 0 Å². The van der Waals surface area contributed by atoms with Crippen molar-refractivity contribution in [2.24, 2.45) is 0 Å². The fraction of sp³-hybridized carbons (Fsp3) is 0.533. The van der Waals surface area contributed by atoms with Gasteiger partial charge in [0.2, 0.25) is 0 Å². The lowest BCUT2D eigenvalue weighted by atomic mass is 10.0. The number of piperidine rings is 1. The minimum Gasteiger partial charge on any atom is -0.339 e. The second-order valence-electron chi connectivity index (χ2n) is 5.41. The van der Waals surface area contributed by atoms with E-state index >= 15 is 0 Å². The molecule has 1 fully saturated rings. The summed E-state index contributed by atoms with van der Waals surface area (Å²) >= 11 is 0. The van der Waals surface area contributed by atoms with Crippen molar-refractivity contribution in [2.75, 3.05) is 27.2 Å². The van der Waals surface area contributed by atoms with Gasteiger partial charge in [-0.1, -0.05) is 0 Å². The Labute approximate surface area is 114 Å². The molecular formula is C15H21FN2O. The monoisotopic (exact) mass is 264 g/mol. The summed E-state index contributed by atoms with van der Waals surface area (Å²) in [6.07, 6.45) is 2.00. The number of amides is 1. The van der Waals surface area contributed by atoms with E-state index in [1.54, 1.807) is 13.0 Å². The summed E-state index contributed by atoms with van der Waals surface area (Å²) in [5.74, 6) is -0.303. The van der Waals surface area contributed by atoms with Crippen LogP contribution in [0.4, 0.5) is 4.39 Å². The minimum absolute atomic E-state index is 0.00736. The number of hydrogen-bond acceptors (Lipinski definition) is 2. The Bertz CT molecular complexity index is 467. The van der Waals surface area contributed by atoms with Crippen LogP contribution in [0.3, 0.4) is 0 Å². The number of likely N-dealkylation sites (tertiary alicyclic amines) is 1. The molecule has 0 spiro atoms. The number of carbonyl (C=O) groups excluding carboxylic acids is 1. The Kier molecular flexibility index (Phi) is 4.20. The molecule has 2 rings (SSSR count). The number of hydrogen-bond donors (Lipinski definition) is 0. The van der Waals surface area contributed by atoms with Gasteiger partial charge in [-0.15, -0.1) is 0 Å². The van der Waals surface area contributed by atoms with Crippen LogP contribution < -0.4 is 0 Å². The van der Waals surface area contributed by atoms with Crippen molar-refractivity contribution in [3.8, 4) is 0 Å². The molecule has 0 atom stereocenters. The van der Waals surface area contributed by atoms with Crippen molar-refractivity contribution in [2.45, 2.75) is 25.8 Å². The molecule has 0 saturated carbocycles. The lowest BCUT2D eigenvalue weighted by Crippen LogP contribution is -2.44. The van der Waals surface area contributed by atoms with Crippen LogP contribution in [-0.2, 0) is 0 Å². The van der Waals surface area contributed by atoms with Crippen molar-refractivity contribution >= 4 is 5.91 Å². The fourth-order valence-corrected chi connectivity index (χ4v) is 2.61. The van der Waals surface area contributed by atoms with Gasteiger partial charge in [-0.05, 0) is 63.7 Å². The van der Waals surface area contributed by atoms with Crippen molar-refractivity contribution < 1.29 is 9.18 Å². The molecule has 1 amide bonds. The van der Waals surface area contributed by atoms with Gasteiger partial charge >= 0.3 is 0 Å². The molecule has 0 unspecified atom stereocenters. The predicted molar refractivity (Wildman–Crippen MR) is 73.7 cm³/mol. The lowest BCUT2D eigenvalue weighted by Gasteiger charge is -2.35. The molecular weight excluding hydrogens is 243 g/mol. The predicted octanol–water partition coefficient (Wildman–Crippen LogP) is 2.30. The Hall–Kier alpha value is -1.42. The number of aryl methyl sites for hydroxylation is 1. The Morgan fingerprint density at radius 2 is 2.00 bits per heavy atom. The van der Waals surface area contributed by atoms with Gasteiger partial charge in [-0.25, -0.2) is 4.39 Å². The number of halogens is 1. The molecule has 1 saturated heterocycles. The van der Waals surface area contributed by atoms with Crippen molar-refractivity contribution in [3.63, 3.8) is 0 Å². The third-order valence-corrected chi connectivity index (χ3v) is 3.98. The molecule has 1 aromatic carbocycles. The number of rotatable bonds is 2. The first-order valence-electron chi connectivity index (χ1n) is 6.71. The zero-order valence-electron chi connectivity index (χ0n) is 11.8. The molecule has 1 heterocycles. The number of benzene rings is 1. The highest BCUT2D eigenvalue weighted by Crippen LogP contribution is 2.18. The third kappa shape index (κ3) is 3.13. The first kappa shape index (κ1) is 14.0. The van der Waals surface area contributed by atoms with Crippen LogP contribution in [-0.4, -0.2) is 48.9 Å². The standard InChI is InChI=1S/C15H21FN2O/c1-11-10-12(16)4-5-14(11)15(19)18(3)13-6-8-17(2)9-7-13/h4-5,10,13H,6-9H2,1-3H3. The van der Waals surface area contributed by atoms with E-state index in [9.17, 15) is 9.18 Å². The maximum absolute atomic E-state index is 13.1. The highest BCUT2D eigenvalue weighted by Gasteiger charge is 2.25. The molecule has 0 radical (unpaired) electrons. The summed E-state index contributed by atoms with van der Waals surface area (Å²) in [7, 11) is 3.95. The Morgan fingerprint density at radius 1 is 1.37 bits per heavy atom. The van der Waals surface area contributed by atoms with Crippen LogP contribution in [0, 0.1) is 12.7 Å². The molecule has 104 valence electrons. The quantitative estimate of drug-likeness (QED) is 0.818. The second-order valence-corrected chi connectivity index (χ2v) is 5.41. The van der Waals surface area contributed by atoms with E-state index in [4.69, 9.17) is 0 Å². The lowest BCUT2D eigenvalue weighted by molar-refractivity contribution is 0.0659. The number of carbonyl (C=O) groups is 1. The highest BCUT2D eigenvalue weighted by molar-refractivity contribution is 5.95. The summed E-state index contributed by atoms with van der Waals surface area (Å²) in [6, 6.07) is 4.63. The first-order chi connectivity index (χ1) is 8.99. The fourth-order valence-electron chi connectivity index (χ4n) is 2.61. The molecule has 4 heteroatoms. The van der Waals surface area contributed by atoms with Gasteiger partial charge in [-0.2, -0.15) is 0 Å². The topological polar surface area (TPSA) is 23.6 Å². The molecule has 1 aliphatic heterocycles. The van der Waals surface area contributed by atoms with Crippen molar-refractivity contribution in [1.29, 1.82) is 0 Å². The molecule has 1 aromatic rings. The van der Waals surface area contributed by atoms with E-state index in [0.29, 0.717) is 11.1 Å². The molecule has 0 aliphatic carbocycles. The van der Waals surface area contributed by atoms with Crippen molar-refractivity contribution in [1.82, 2.24) is 9.80 Å². The molecule has 19 heavy (non-hydrogen) atoms. The molecule has 1 aliphatic rings. The summed E-state index contributed by atoms with van der Waals surface area (Å²) in [5.41, 5.74) is 1.30. The second kappa shape index (κ2) is 5.70. The normalized spacial score (nSPS) is 17.5. The average Bonchev–Trinajstić information content (AvgIpc) is 2.38. The first-order valence-corrected chi connectivity index (χ1v) is 6.71. The van der Waals surface area contributed by atoms with E-state index in [-0.39, 0.29) is 17.8 Å². The van der Waals surface area contributed by atoms with Crippen LogP contribution in [0.2, 0.25) is 0 Å². The maximum Gasteiger partial charge on any atom is 0.254 e. The SMILES string of the molecule is Cc1cc(F)ccc1C(=O)N(C)C1CCN(C)CC1. The van der Waals surface area contributed by atoms with E-state index in [1.807, 2.05) is 11.9 Å². The molecule has 0 bridgehead atoms. The van der Waals surface area contributed by atoms with Gasteiger partial charge < -0.3 is 9.80 Å². The van der Waals surface area contributed by atoms with Crippen LogP contribution in [0.1, 0.15) is 28.8 Å². The summed E-state index contributed by atoms with van der Waals surface area (Å²) in [5, 5.41) is 0. The highest BCUT2D eigenvalue weighted by atomic mass is 19.1. The van der Waals surface area contributed by atoms with Crippen molar-refractivity contribution in [3.05, 3.63) is 35.1 Å². The van der Waals surface area contributed by atoms with Crippen LogP contribution >= 0.6 is 0 Å². The third-order valence-electron chi connectivity index (χ3n) is 3.98. The van der Waals surface area contributed by atoms with Crippen LogP contribution in [0.5, 0.6) is 0 Å². The summed E-state index contributed by atoms with van der Waals surface area (Å²) in [4.78, 5) is 16.5. The van der Waals surface area contributed by atoms with Gasteiger partial charge in [0.05, 0.1) is 0 Å². The Morgan fingerprint density at radius 3 is 2.58 bits per heavy atom. The zero-order valence-corrected chi connectivity index (χ0v) is 11.8. The van der Waals surface area contributed by atoms with Gasteiger partial charge in [0, 0.05) is 18.7 Å². The Balaban J connectivity index is 2.10. The van der Waals surface area contributed by atoms with Crippen LogP contribution in [0.15, 0.2) is 18.2 Å². The molecule has 3 nitrogen and oxygen atoms in total. The summed E-state index contributed by atoms with van der Waals surface area (Å²) < 4.78 is 13.1. The zero-order chi connectivity index (χ0) is 14.0. The average molecular weight is 264 g/mol. The van der Waals surface area contributed by atoms with E-state index < -0.39 is 0 Å². The largest absolute Gasteiger partial charge is 0.339 e. The smallest absolute Gasteiger partial charge is 0.254 e. The van der Waals surface area contributed by atoms with Gasteiger partial charge in [-0.3, -0.25) is 4.79 Å². The van der Waals surface area contributed by atoms with E-state index in [2.05, 4.69) is 11.9 Å². The molecule has 0 aromatic heterocycles. The van der Waals surface area contributed by atoms with Gasteiger partial charge in [0.25, 0.3) is 5.91 Å². The minimum atomic E-state index is -0.295. The maximum atomic E-state index is 13.1. The van der Waals surface area contributed by atoms with Gasteiger partial charge in [0.1, 0.15) is 5.82 Å². The molecule has 0 N–H and O–H groups in total. The van der Waals surface area contributed by atoms with E-state index in [1.165, 1.54) is 12.1 Å². The summed E-state index contributed by atoms with van der Waals surface area (Å²) in [6.45, 7) is 3.81. The number of nitrogens with zero attached hydrogens (tertiary/aromatic N) is 2.